The van der Waals surface area contributed by atoms with Gasteiger partial charge in [-0.05, 0) is 74.7 Å². The van der Waals surface area contributed by atoms with E-state index in [1.165, 1.54) is 17.8 Å². The largest absolute Gasteiger partial charge is 0.504 e. The molecule has 2 aromatic carbocycles. The first-order valence-corrected chi connectivity index (χ1v) is 13.3. The monoisotopic (exact) mass is 542 g/mol. The van der Waals surface area contributed by atoms with Crippen molar-refractivity contribution in [3.05, 3.63) is 58.5 Å². The van der Waals surface area contributed by atoms with Crippen LogP contribution in [0.15, 0.2) is 47.4 Å². The highest BCUT2D eigenvalue weighted by Gasteiger charge is 2.31. The number of phenols is 1. The van der Waals surface area contributed by atoms with Gasteiger partial charge in [0.2, 0.25) is 5.91 Å². The normalized spacial score (nSPS) is 14.2. The maximum atomic E-state index is 12.9. The number of unbranched alkanes of at least 4 members (excludes halogenated alkanes) is 2. The third-order valence-corrected chi connectivity index (χ3v) is 6.80. The van der Waals surface area contributed by atoms with Gasteiger partial charge in [-0.3, -0.25) is 14.5 Å². The van der Waals surface area contributed by atoms with E-state index in [-0.39, 0.29) is 17.6 Å². The number of aromatic hydroxyl groups is 1. The number of nitrogens with one attached hydrogen (secondary N) is 1. The summed E-state index contributed by atoms with van der Waals surface area (Å²) in [5, 5.41) is 12.7. The first-order valence-electron chi connectivity index (χ1n) is 12.1. The van der Waals surface area contributed by atoms with Gasteiger partial charge in [-0.2, -0.15) is 0 Å². The van der Waals surface area contributed by atoms with E-state index < -0.39 is 5.97 Å². The number of hydrogen-bond donors (Lipinski definition) is 2. The Morgan fingerprint density at radius 1 is 1.08 bits per heavy atom. The predicted octanol–water partition coefficient (Wildman–Crippen LogP) is 5.37. The molecule has 0 aliphatic carbocycles. The molecule has 1 aliphatic heterocycles. The van der Waals surface area contributed by atoms with E-state index >= 15 is 0 Å². The SMILES string of the molecule is CCOC(=O)c1ccc(NC(=O)CCCCCN2C(=O)/C(=C/c3ccc(O)c(OCC)c3)SC2=S)cc1. The molecule has 1 saturated heterocycles. The summed E-state index contributed by atoms with van der Waals surface area (Å²) < 4.78 is 10.9. The average Bonchev–Trinajstić information content (AvgIpc) is 3.13. The smallest absolute Gasteiger partial charge is 0.338 e. The van der Waals surface area contributed by atoms with Gasteiger partial charge < -0.3 is 19.9 Å². The molecule has 3 rings (SSSR count). The molecule has 0 bridgehead atoms. The Balaban J connectivity index is 1.42. The Bertz CT molecular complexity index is 1180. The lowest BCUT2D eigenvalue weighted by Gasteiger charge is -2.14. The van der Waals surface area contributed by atoms with Gasteiger partial charge >= 0.3 is 5.97 Å². The van der Waals surface area contributed by atoms with Crippen molar-refractivity contribution in [2.75, 3.05) is 25.1 Å². The molecule has 2 amide bonds. The number of thiocarbonyl (C=S) groups is 1. The van der Waals surface area contributed by atoms with Gasteiger partial charge in [0.25, 0.3) is 5.91 Å². The molecule has 1 heterocycles. The second-order valence-electron chi connectivity index (χ2n) is 8.15. The van der Waals surface area contributed by atoms with Crippen LogP contribution in [0.2, 0.25) is 0 Å². The molecule has 1 fully saturated rings. The van der Waals surface area contributed by atoms with Crippen molar-refractivity contribution in [2.45, 2.75) is 39.5 Å². The summed E-state index contributed by atoms with van der Waals surface area (Å²) in [5.74, 6) is -0.243. The van der Waals surface area contributed by atoms with Gasteiger partial charge in [0.1, 0.15) is 4.32 Å². The van der Waals surface area contributed by atoms with Gasteiger partial charge in [0.05, 0.1) is 23.7 Å². The van der Waals surface area contributed by atoms with Crippen molar-refractivity contribution >= 4 is 57.8 Å². The van der Waals surface area contributed by atoms with E-state index in [0.717, 1.165) is 18.4 Å². The Morgan fingerprint density at radius 3 is 2.54 bits per heavy atom. The zero-order valence-corrected chi connectivity index (χ0v) is 22.5. The lowest BCUT2D eigenvalue weighted by molar-refractivity contribution is -0.122. The molecule has 37 heavy (non-hydrogen) atoms. The van der Waals surface area contributed by atoms with Crippen molar-refractivity contribution in [3.8, 4) is 11.5 Å². The fourth-order valence-electron chi connectivity index (χ4n) is 3.60. The molecular weight excluding hydrogens is 512 g/mol. The van der Waals surface area contributed by atoms with Crippen LogP contribution in [0.5, 0.6) is 11.5 Å². The van der Waals surface area contributed by atoms with Crippen LogP contribution in [0.3, 0.4) is 0 Å². The molecule has 196 valence electrons. The summed E-state index contributed by atoms with van der Waals surface area (Å²) in [4.78, 5) is 38.9. The molecule has 2 aromatic rings. The Morgan fingerprint density at radius 2 is 1.84 bits per heavy atom. The van der Waals surface area contributed by atoms with Gasteiger partial charge in [-0.1, -0.05) is 36.5 Å². The molecule has 0 atom stereocenters. The number of phenolic OH excluding ortho intramolecular Hbond substituents is 1. The van der Waals surface area contributed by atoms with E-state index in [1.54, 1.807) is 54.3 Å². The quantitative estimate of drug-likeness (QED) is 0.160. The molecule has 10 heteroatoms. The van der Waals surface area contributed by atoms with Gasteiger partial charge in [-0.25, -0.2) is 4.79 Å². The van der Waals surface area contributed by atoms with E-state index in [1.807, 2.05) is 6.92 Å². The minimum atomic E-state index is -0.395. The summed E-state index contributed by atoms with van der Waals surface area (Å²) in [5.41, 5.74) is 1.79. The number of anilines is 1. The van der Waals surface area contributed by atoms with Crippen molar-refractivity contribution in [2.24, 2.45) is 0 Å². The maximum Gasteiger partial charge on any atom is 0.338 e. The highest BCUT2D eigenvalue weighted by atomic mass is 32.2. The number of carbonyl (C=O) groups is 3. The summed E-state index contributed by atoms with van der Waals surface area (Å²) in [6.45, 7) is 4.79. The third-order valence-electron chi connectivity index (χ3n) is 5.42. The van der Waals surface area contributed by atoms with Crippen LogP contribution < -0.4 is 10.1 Å². The Hall–Kier alpha value is -3.37. The molecule has 0 saturated carbocycles. The Kier molecular flexibility index (Phi) is 10.5. The molecule has 0 unspecified atom stereocenters. The fourth-order valence-corrected chi connectivity index (χ4v) is 4.90. The van der Waals surface area contributed by atoms with Crippen LogP contribution in [-0.4, -0.2) is 51.9 Å². The fraction of sp³-hybridized carbons (Fsp3) is 0.333. The summed E-state index contributed by atoms with van der Waals surface area (Å²) in [6, 6.07) is 11.5. The van der Waals surface area contributed by atoms with Crippen LogP contribution in [0.1, 0.15) is 55.5 Å². The zero-order valence-electron chi connectivity index (χ0n) is 20.8. The minimum absolute atomic E-state index is 0.0483. The predicted molar refractivity (Wildman–Crippen MR) is 149 cm³/mol. The summed E-state index contributed by atoms with van der Waals surface area (Å²) in [7, 11) is 0. The molecule has 8 nitrogen and oxygen atoms in total. The molecule has 0 spiro atoms. The van der Waals surface area contributed by atoms with Crippen molar-refractivity contribution in [1.29, 1.82) is 0 Å². The van der Waals surface area contributed by atoms with Crippen molar-refractivity contribution in [3.63, 3.8) is 0 Å². The number of nitrogens with zero attached hydrogens (tertiary/aromatic N) is 1. The molecule has 2 N–H and O–H groups in total. The van der Waals surface area contributed by atoms with Crippen LogP contribution in [0, 0.1) is 0 Å². The molecular formula is C27H30N2O6S2. The second-order valence-corrected chi connectivity index (χ2v) is 9.83. The first-order chi connectivity index (χ1) is 17.8. The number of carbonyl (C=O) groups excluding carboxylic acids is 3. The third kappa shape index (κ3) is 8.06. The highest BCUT2D eigenvalue weighted by Crippen LogP contribution is 2.34. The number of ether oxygens (including phenoxy) is 2. The number of amides is 2. The van der Waals surface area contributed by atoms with Crippen molar-refractivity contribution in [1.82, 2.24) is 4.90 Å². The average molecular weight is 543 g/mol. The number of thioether (sulfide) groups is 1. The van der Waals surface area contributed by atoms with Gasteiger partial charge in [0.15, 0.2) is 11.5 Å². The van der Waals surface area contributed by atoms with Crippen LogP contribution in [-0.2, 0) is 14.3 Å². The first kappa shape index (κ1) is 28.2. The standard InChI is InChI=1S/C27H30N2O6S2/c1-3-34-22-16-18(9-14-21(22)30)17-23-25(32)29(27(36)37-23)15-7-5-6-8-24(31)28-20-12-10-19(11-13-20)26(33)35-4-2/h9-14,16-17,30H,3-8,15H2,1-2H3,(H,28,31)/b23-17-. The number of benzene rings is 2. The number of rotatable bonds is 12. The lowest BCUT2D eigenvalue weighted by Crippen LogP contribution is -2.29. The van der Waals surface area contributed by atoms with E-state index in [4.69, 9.17) is 21.7 Å². The molecule has 1 aliphatic rings. The van der Waals surface area contributed by atoms with Crippen LogP contribution >= 0.6 is 24.0 Å². The number of hydrogen-bond acceptors (Lipinski definition) is 8. The van der Waals surface area contributed by atoms with Gasteiger partial charge in [-0.15, -0.1) is 0 Å². The second kappa shape index (κ2) is 13.8. The molecule has 0 radical (unpaired) electrons. The van der Waals surface area contributed by atoms with Crippen LogP contribution in [0.4, 0.5) is 5.69 Å². The maximum absolute atomic E-state index is 12.9. The zero-order chi connectivity index (χ0) is 26.8. The van der Waals surface area contributed by atoms with Crippen LogP contribution in [0.25, 0.3) is 6.08 Å². The summed E-state index contributed by atoms with van der Waals surface area (Å²) in [6.07, 6.45) is 4.24. The highest BCUT2D eigenvalue weighted by molar-refractivity contribution is 8.26. The number of esters is 1. The minimum Gasteiger partial charge on any atom is -0.504 e. The Labute approximate surface area is 226 Å². The van der Waals surface area contributed by atoms with Crippen molar-refractivity contribution < 1.29 is 29.0 Å². The van der Waals surface area contributed by atoms with Gasteiger partial charge in [0, 0.05) is 18.7 Å². The van der Waals surface area contributed by atoms with E-state index in [9.17, 15) is 19.5 Å². The molecule has 0 aromatic heterocycles. The lowest BCUT2D eigenvalue weighted by atomic mass is 10.1. The van der Waals surface area contributed by atoms with E-state index in [0.29, 0.717) is 58.8 Å². The topological polar surface area (TPSA) is 105 Å². The van der Waals surface area contributed by atoms with E-state index in [2.05, 4.69) is 5.32 Å². The summed E-state index contributed by atoms with van der Waals surface area (Å²) >= 11 is 6.65.